The van der Waals surface area contributed by atoms with Gasteiger partial charge in [0.1, 0.15) is 13.2 Å². The molecule has 0 N–H and O–H groups in total. The Morgan fingerprint density at radius 1 is 0.244 bits per heavy atom. The lowest BCUT2D eigenvalue weighted by Crippen LogP contribution is -2.30. The van der Waals surface area contributed by atoms with Crippen LogP contribution in [0.3, 0.4) is 0 Å². The molecule has 0 aliphatic heterocycles. The van der Waals surface area contributed by atoms with Gasteiger partial charge in [-0.25, -0.2) is 0 Å². The first-order valence-electron chi connectivity index (χ1n) is 37.3. The van der Waals surface area contributed by atoms with Gasteiger partial charge in [0.15, 0.2) is 6.10 Å². The van der Waals surface area contributed by atoms with E-state index in [4.69, 9.17) is 14.2 Å². The molecule has 0 saturated carbocycles. The Labute approximate surface area is 513 Å². The molecule has 1 atom stereocenters. The minimum atomic E-state index is -0.766. The maximum absolute atomic E-state index is 12.9. The van der Waals surface area contributed by atoms with E-state index in [-0.39, 0.29) is 31.1 Å². The van der Waals surface area contributed by atoms with Crippen LogP contribution in [0.15, 0.2) is 24.3 Å². The fourth-order valence-electron chi connectivity index (χ4n) is 11.6. The van der Waals surface area contributed by atoms with Gasteiger partial charge < -0.3 is 14.2 Å². The van der Waals surface area contributed by atoms with Gasteiger partial charge in [0.05, 0.1) is 0 Å². The van der Waals surface area contributed by atoms with E-state index < -0.39 is 6.10 Å². The number of hydrogen-bond donors (Lipinski definition) is 0. The molecule has 0 fully saturated rings. The highest BCUT2D eigenvalue weighted by Gasteiger charge is 2.20. The highest BCUT2D eigenvalue weighted by Crippen LogP contribution is 2.19. The third-order valence-electron chi connectivity index (χ3n) is 17.2. The molecular formula is C76H144O6. The summed E-state index contributed by atoms with van der Waals surface area (Å²) in [6.45, 7) is 6.70. The largest absolute Gasteiger partial charge is 0.462 e. The van der Waals surface area contributed by atoms with E-state index >= 15 is 0 Å². The number of esters is 3. The van der Waals surface area contributed by atoms with Gasteiger partial charge in [-0.05, 0) is 51.4 Å². The van der Waals surface area contributed by atoms with Crippen LogP contribution in [-0.4, -0.2) is 37.2 Å². The number of rotatable bonds is 70. The van der Waals surface area contributed by atoms with Crippen molar-refractivity contribution >= 4 is 17.9 Å². The maximum atomic E-state index is 12.9. The summed E-state index contributed by atoms with van der Waals surface area (Å²) in [6, 6.07) is 0. The normalized spacial score (nSPS) is 12.1. The standard InChI is InChI=1S/C76H144O6/c1-4-7-10-13-16-19-22-24-26-28-30-32-34-36-37-38-39-41-42-44-46-48-50-52-54-57-60-63-66-69-75(78)81-72-73(71-80-74(77)68-65-62-59-56-21-18-15-12-9-6-3)82-76(79)70-67-64-61-58-55-53-51-49-47-45-43-40-35-33-31-29-27-25-23-20-17-14-11-8-5-2/h22,24,28,30,73H,4-21,23,25-27,29,31-72H2,1-3H3/b24-22-,30-28-. The van der Waals surface area contributed by atoms with Crippen LogP contribution in [0.1, 0.15) is 425 Å². The summed E-state index contributed by atoms with van der Waals surface area (Å²) in [5.74, 6) is -0.830. The minimum Gasteiger partial charge on any atom is -0.462 e. The number of carbonyl (C=O) groups is 3. The Morgan fingerprint density at radius 2 is 0.439 bits per heavy atom. The van der Waals surface area contributed by atoms with Crippen LogP contribution in [-0.2, 0) is 28.6 Å². The smallest absolute Gasteiger partial charge is 0.306 e. The van der Waals surface area contributed by atoms with Crippen molar-refractivity contribution in [3.63, 3.8) is 0 Å². The molecule has 0 aromatic heterocycles. The third kappa shape index (κ3) is 68.7. The van der Waals surface area contributed by atoms with E-state index in [2.05, 4.69) is 45.1 Å². The molecule has 0 heterocycles. The second-order valence-electron chi connectivity index (χ2n) is 25.6. The van der Waals surface area contributed by atoms with E-state index in [1.807, 2.05) is 0 Å². The predicted octanol–water partition coefficient (Wildman–Crippen LogP) is 25.7. The molecule has 0 aromatic rings. The van der Waals surface area contributed by atoms with Crippen molar-refractivity contribution in [3.05, 3.63) is 24.3 Å². The van der Waals surface area contributed by atoms with Gasteiger partial charge in [-0.3, -0.25) is 14.4 Å². The second-order valence-corrected chi connectivity index (χ2v) is 25.6. The molecule has 82 heavy (non-hydrogen) atoms. The molecule has 0 aromatic carbocycles. The number of allylic oxidation sites excluding steroid dienone is 4. The van der Waals surface area contributed by atoms with Crippen LogP contribution in [0.5, 0.6) is 0 Å². The van der Waals surface area contributed by atoms with Crippen molar-refractivity contribution in [1.82, 2.24) is 0 Å². The fraction of sp³-hybridized carbons (Fsp3) is 0.908. The van der Waals surface area contributed by atoms with Gasteiger partial charge in [-0.1, -0.05) is 379 Å². The number of ether oxygens (including phenoxy) is 3. The lowest BCUT2D eigenvalue weighted by Gasteiger charge is -2.18. The lowest BCUT2D eigenvalue weighted by molar-refractivity contribution is -0.167. The first kappa shape index (κ1) is 79.9. The van der Waals surface area contributed by atoms with E-state index in [9.17, 15) is 14.4 Å². The zero-order valence-corrected chi connectivity index (χ0v) is 55.8. The van der Waals surface area contributed by atoms with E-state index in [1.54, 1.807) is 0 Å². The molecule has 0 radical (unpaired) electrons. The minimum absolute atomic E-state index is 0.0636. The van der Waals surface area contributed by atoms with Crippen LogP contribution in [0.4, 0.5) is 0 Å². The fourth-order valence-corrected chi connectivity index (χ4v) is 11.6. The molecule has 1 unspecified atom stereocenters. The molecule has 0 bridgehead atoms. The monoisotopic (exact) mass is 1150 g/mol. The van der Waals surface area contributed by atoms with Crippen molar-refractivity contribution in [2.24, 2.45) is 0 Å². The van der Waals surface area contributed by atoms with Crippen LogP contribution >= 0.6 is 0 Å². The van der Waals surface area contributed by atoms with Crippen LogP contribution in [0.2, 0.25) is 0 Å². The lowest BCUT2D eigenvalue weighted by atomic mass is 10.0. The quantitative estimate of drug-likeness (QED) is 0.0261. The summed E-state index contributed by atoms with van der Waals surface area (Å²) in [5, 5.41) is 0. The van der Waals surface area contributed by atoms with E-state index in [0.29, 0.717) is 19.3 Å². The third-order valence-corrected chi connectivity index (χ3v) is 17.2. The van der Waals surface area contributed by atoms with Crippen molar-refractivity contribution in [1.29, 1.82) is 0 Å². The van der Waals surface area contributed by atoms with Gasteiger partial charge in [-0.2, -0.15) is 0 Å². The topological polar surface area (TPSA) is 78.9 Å². The number of hydrogen-bond acceptors (Lipinski definition) is 6. The summed E-state index contributed by atoms with van der Waals surface area (Å²) >= 11 is 0. The Balaban J connectivity index is 4.09. The average molecular weight is 1150 g/mol. The number of carbonyl (C=O) groups excluding carboxylic acids is 3. The first-order valence-corrected chi connectivity index (χ1v) is 37.3. The summed E-state index contributed by atoms with van der Waals surface area (Å²) in [4.78, 5) is 38.4. The number of unbranched alkanes of at least 4 members (excludes halogenated alkanes) is 55. The molecule has 484 valence electrons. The summed E-state index contributed by atoms with van der Waals surface area (Å²) in [5.41, 5.74) is 0. The van der Waals surface area contributed by atoms with Gasteiger partial charge >= 0.3 is 17.9 Å². The predicted molar refractivity (Wildman–Crippen MR) is 358 cm³/mol. The van der Waals surface area contributed by atoms with Gasteiger partial charge in [0, 0.05) is 19.3 Å². The van der Waals surface area contributed by atoms with Crippen molar-refractivity contribution in [2.75, 3.05) is 13.2 Å². The molecule has 0 spiro atoms. The molecule has 0 amide bonds. The van der Waals surface area contributed by atoms with E-state index in [1.165, 1.54) is 321 Å². The molecular weight excluding hydrogens is 1010 g/mol. The van der Waals surface area contributed by atoms with Crippen LogP contribution < -0.4 is 0 Å². The summed E-state index contributed by atoms with van der Waals surface area (Å²) in [7, 11) is 0. The zero-order valence-electron chi connectivity index (χ0n) is 55.8. The average Bonchev–Trinajstić information content (AvgIpc) is 3.48. The molecule has 6 heteroatoms. The Kier molecular flexibility index (Phi) is 69.5. The Hall–Kier alpha value is -2.11. The highest BCUT2D eigenvalue weighted by atomic mass is 16.6. The van der Waals surface area contributed by atoms with E-state index in [0.717, 1.165) is 64.2 Å². The zero-order chi connectivity index (χ0) is 59.2. The molecule has 0 rings (SSSR count). The van der Waals surface area contributed by atoms with Crippen molar-refractivity contribution < 1.29 is 28.6 Å². The molecule has 0 aliphatic rings. The van der Waals surface area contributed by atoms with Gasteiger partial charge in [-0.15, -0.1) is 0 Å². The molecule has 0 saturated heterocycles. The van der Waals surface area contributed by atoms with Crippen molar-refractivity contribution in [3.8, 4) is 0 Å². The Bertz CT molecular complexity index is 1320. The molecule has 0 aliphatic carbocycles. The van der Waals surface area contributed by atoms with Crippen LogP contribution in [0, 0.1) is 0 Å². The van der Waals surface area contributed by atoms with Gasteiger partial charge in [0.25, 0.3) is 0 Å². The van der Waals surface area contributed by atoms with Crippen molar-refractivity contribution in [2.45, 2.75) is 431 Å². The second kappa shape index (κ2) is 71.4. The SMILES string of the molecule is CCCCCCC/C=C\C/C=C\CCCCCCCCCCCCCCCCCCCC(=O)OCC(COC(=O)CCCCCCCCCCCC)OC(=O)CCCCCCCCCCCCCCCCCCCCCCCCCCC. The Morgan fingerprint density at radius 3 is 0.671 bits per heavy atom. The highest BCUT2D eigenvalue weighted by molar-refractivity contribution is 5.71. The first-order chi connectivity index (χ1) is 40.5. The maximum Gasteiger partial charge on any atom is 0.306 e. The van der Waals surface area contributed by atoms with Gasteiger partial charge in [0.2, 0.25) is 0 Å². The van der Waals surface area contributed by atoms with Crippen LogP contribution in [0.25, 0.3) is 0 Å². The molecule has 6 nitrogen and oxygen atoms in total. The summed E-state index contributed by atoms with van der Waals surface area (Å²) < 4.78 is 17.0. The summed E-state index contributed by atoms with van der Waals surface area (Å²) in [6.07, 6.45) is 88.1.